The molecule has 1 unspecified atom stereocenters. The van der Waals surface area contributed by atoms with Crippen molar-refractivity contribution in [3.8, 4) is 0 Å². The fourth-order valence-corrected chi connectivity index (χ4v) is 4.15. The molecule has 23 heavy (non-hydrogen) atoms. The molecule has 0 aromatic heterocycles. The van der Waals surface area contributed by atoms with Crippen LogP contribution in [0.3, 0.4) is 0 Å². The quantitative estimate of drug-likeness (QED) is 0.884. The van der Waals surface area contributed by atoms with Crippen molar-refractivity contribution >= 4 is 10.0 Å². The largest absolute Gasteiger partial charge is 0.387 e. The van der Waals surface area contributed by atoms with Gasteiger partial charge in [0.05, 0.1) is 11.0 Å². The Balaban J connectivity index is 1.73. The van der Waals surface area contributed by atoms with Gasteiger partial charge in [-0.05, 0) is 60.6 Å². The molecule has 4 nitrogen and oxygen atoms in total. The Bertz CT molecular complexity index is 815. The summed E-state index contributed by atoms with van der Waals surface area (Å²) < 4.78 is 27.4. The summed E-state index contributed by atoms with van der Waals surface area (Å²) in [6, 6.07) is 12.7. The van der Waals surface area contributed by atoms with Gasteiger partial charge in [0.2, 0.25) is 10.0 Å². The van der Waals surface area contributed by atoms with E-state index >= 15 is 0 Å². The van der Waals surface area contributed by atoms with Gasteiger partial charge in [0.15, 0.2) is 0 Å². The van der Waals surface area contributed by atoms with Crippen LogP contribution in [-0.2, 0) is 22.9 Å². The zero-order valence-corrected chi connectivity index (χ0v) is 13.9. The standard InChI is InChI=1S/C18H21NO3S/c1-13-5-2-3-8-17(13)18(20)12-19-23(21,22)16-10-9-14-6-4-7-15(14)11-16/h2-3,5,8-11,18-20H,4,6-7,12H2,1H3. The molecule has 0 aliphatic heterocycles. The minimum absolute atomic E-state index is 0.0374. The lowest BCUT2D eigenvalue weighted by Crippen LogP contribution is -2.28. The molecule has 5 heteroatoms. The van der Waals surface area contributed by atoms with Gasteiger partial charge in [-0.15, -0.1) is 0 Å². The predicted octanol–water partition coefficient (Wildman–Crippen LogP) is 2.50. The highest BCUT2D eigenvalue weighted by molar-refractivity contribution is 7.89. The van der Waals surface area contributed by atoms with Gasteiger partial charge in [0.1, 0.15) is 0 Å². The molecule has 0 heterocycles. The van der Waals surface area contributed by atoms with E-state index in [4.69, 9.17) is 0 Å². The fraction of sp³-hybridized carbons (Fsp3) is 0.333. The summed E-state index contributed by atoms with van der Waals surface area (Å²) in [5.41, 5.74) is 4.04. The SMILES string of the molecule is Cc1ccccc1C(O)CNS(=O)(=O)c1ccc2c(c1)CCC2. The van der Waals surface area contributed by atoms with Crippen molar-refractivity contribution in [3.63, 3.8) is 0 Å². The van der Waals surface area contributed by atoms with Crippen molar-refractivity contribution in [1.29, 1.82) is 0 Å². The fourth-order valence-electron chi connectivity index (χ4n) is 3.06. The maximum atomic E-state index is 12.4. The van der Waals surface area contributed by atoms with Crippen molar-refractivity contribution in [3.05, 3.63) is 64.7 Å². The molecule has 1 aliphatic carbocycles. The molecular formula is C18H21NO3S. The third-order valence-corrected chi connectivity index (χ3v) is 5.82. The summed E-state index contributed by atoms with van der Waals surface area (Å²) in [6.45, 7) is 1.86. The Morgan fingerprint density at radius 2 is 1.87 bits per heavy atom. The molecule has 0 radical (unpaired) electrons. The van der Waals surface area contributed by atoms with Gasteiger partial charge in [-0.1, -0.05) is 30.3 Å². The van der Waals surface area contributed by atoms with Gasteiger partial charge in [0, 0.05) is 6.54 Å². The van der Waals surface area contributed by atoms with Crippen LogP contribution in [0.2, 0.25) is 0 Å². The summed E-state index contributed by atoms with van der Waals surface area (Å²) >= 11 is 0. The van der Waals surface area contributed by atoms with E-state index in [9.17, 15) is 13.5 Å². The lowest BCUT2D eigenvalue weighted by atomic mass is 10.0. The lowest BCUT2D eigenvalue weighted by molar-refractivity contribution is 0.181. The molecule has 0 amide bonds. The van der Waals surface area contributed by atoms with Crippen molar-refractivity contribution in [1.82, 2.24) is 4.72 Å². The highest BCUT2D eigenvalue weighted by Gasteiger charge is 2.20. The number of aryl methyl sites for hydroxylation is 3. The second-order valence-electron chi connectivity index (χ2n) is 6.01. The molecule has 2 aromatic rings. The van der Waals surface area contributed by atoms with Crippen molar-refractivity contribution in [2.24, 2.45) is 0 Å². The number of hydrogen-bond acceptors (Lipinski definition) is 3. The van der Waals surface area contributed by atoms with Gasteiger partial charge in [-0.2, -0.15) is 0 Å². The smallest absolute Gasteiger partial charge is 0.240 e. The number of hydrogen-bond donors (Lipinski definition) is 2. The van der Waals surface area contributed by atoms with Crippen LogP contribution in [0.15, 0.2) is 47.4 Å². The Labute approximate surface area is 137 Å². The summed E-state index contributed by atoms with van der Waals surface area (Å²) in [5, 5.41) is 10.2. The second-order valence-corrected chi connectivity index (χ2v) is 7.78. The normalized spacial score (nSPS) is 15.4. The van der Waals surface area contributed by atoms with Crippen LogP contribution in [0.5, 0.6) is 0 Å². The van der Waals surface area contributed by atoms with Crippen LogP contribution in [0.1, 0.15) is 34.8 Å². The number of fused-ring (bicyclic) bond motifs is 1. The maximum absolute atomic E-state index is 12.4. The van der Waals surface area contributed by atoms with Gasteiger partial charge in [-0.25, -0.2) is 13.1 Å². The summed E-state index contributed by atoms with van der Waals surface area (Å²) in [6.07, 6.45) is 2.18. The second kappa shape index (κ2) is 6.43. The van der Waals surface area contributed by atoms with E-state index in [1.54, 1.807) is 12.1 Å². The highest BCUT2D eigenvalue weighted by Crippen LogP contribution is 2.25. The first-order valence-electron chi connectivity index (χ1n) is 7.82. The van der Waals surface area contributed by atoms with E-state index in [1.807, 2.05) is 37.3 Å². The molecule has 0 fully saturated rings. The monoisotopic (exact) mass is 331 g/mol. The van der Waals surface area contributed by atoms with Crippen molar-refractivity contribution in [2.75, 3.05) is 6.54 Å². The molecule has 3 rings (SSSR count). The van der Waals surface area contributed by atoms with Gasteiger partial charge in [0.25, 0.3) is 0 Å². The number of benzene rings is 2. The molecule has 0 saturated carbocycles. The number of rotatable bonds is 5. The predicted molar refractivity (Wildman–Crippen MR) is 89.8 cm³/mol. The Hall–Kier alpha value is -1.69. The van der Waals surface area contributed by atoms with Crippen LogP contribution in [0, 0.1) is 6.92 Å². The first-order chi connectivity index (χ1) is 11.0. The topological polar surface area (TPSA) is 66.4 Å². The Kier molecular flexibility index (Phi) is 4.53. The van der Waals surface area contributed by atoms with Crippen LogP contribution >= 0.6 is 0 Å². The van der Waals surface area contributed by atoms with E-state index in [-0.39, 0.29) is 11.4 Å². The Morgan fingerprint density at radius 3 is 2.65 bits per heavy atom. The zero-order chi connectivity index (χ0) is 16.4. The molecule has 1 atom stereocenters. The number of sulfonamides is 1. The first-order valence-corrected chi connectivity index (χ1v) is 9.31. The summed E-state index contributed by atoms with van der Waals surface area (Å²) in [4.78, 5) is 0.273. The Morgan fingerprint density at radius 1 is 1.13 bits per heavy atom. The van der Waals surface area contributed by atoms with Crippen molar-refractivity contribution < 1.29 is 13.5 Å². The van der Waals surface area contributed by atoms with Gasteiger partial charge < -0.3 is 5.11 Å². The van der Waals surface area contributed by atoms with Gasteiger partial charge >= 0.3 is 0 Å². The van der Waals surface area contributed by atoms with E-state index in [0.29, 0.717) is 0 Å². The highest BCUT2D eigenvalue weighted by atomic mass is 32.2. The number of aliphatic hydroxyl groups is 1. The number of aliphatic hydroxyl groups excluding tert-OH is 1. The lowest BCUT2D eigenvalue weighted by Gasteiger charge is -2.15. The summed E-state index contributed by atoms with van der Waals surface area (Å²) in [5.74, 6) is 0. The zero-order valence-electron chi connectivity index (χ0n) is 13.1. The molecule has 0 bridgehead atoms. The van der Waals surface area contributed by atoms with Crippen LogP contribution in [0.25, 0.3) is 0 Å². The van der Waals surface area contributed by atoms with E-state index < -0.39 is 16.1 Å². The molecule has 0 spiro atoms. The minimum atomic E-state index is -3.61. The molecular weight excluding hydrogens is 310 g/mol. The van der Waals surface area contributed by atoms with Crippen LogP contribution < -0.4 is 4.72 Å². The molecule has 1 aliphatic rings. The first kappa shape index (κ1) is 16.2. The summed E-state index contributed by atoms with van der Waals surface area (Å²) in [7, 11) is -3.61. The number of nitrogens with one attached hydrogen (secondary N) is 1. The van der Waals surface area contributed by atoms with Crippen LogP contribution in [-0.4, -0.2) is 20.1 Å². The average molecular weight is 331 g/mol. The van der Waals surface area contributed by atoms with E-state index in [2.05, 4.69) is 4.72 Å². The minimum Gasteiger partial charge on any atom is -0.387 e. The molecule has 122 valence electrons. The third-order valence-electron chi connectivity index (χ3n) is 4.39. The molecule has 2 aromatic carbocycles. The molecule has 2 N–H and O–H groups in total. The third kappa shape index (κ3) is 3.47. The van der Waals surface area contributed by atoms with Crippen LogP contribution in [0.4, 0.5) is 0 Å². The van der Waals surface area contributed by atoms with Gasteiger partial charge in [-0.3, -0.25) is 0 Å². The van der Waals surface area contributed by atoms with Crippen molar-refractivity contribution in [2.45, 2.75) is 37.2 Å². The van der Waals surface area contributed by atoms with E-state index in [1.165, 1.54) is 5.56 Å². The van der Waals surface area contributed by atoms with E-state index in [0.717, 1.165) is 36.0 Å². The maximum Gasteiger partial charge on any atom is 0.240 e. The average Bonchev–Trinajstić information content (AvgIpc) is 3.00. The molecule has 0 saturated heterocycles.